The Labute approximate surface area is 90.8 Å². The molecule has 0 aromatic carbocycles. The highest BCUT2D eigenvalue weighted by Gasteiger charge is 2.32. The van der Waals surface area contributed by atoms with Crippen molar-refractivity contribution >= 4 is 11.3 Å². The highest BCUT2D eigenvalue weighted by molar-refractivity contribution is 7.11. The predicted molar refractivity (Wildman–Crippen MR) is 61.0 cm³/mol. The minimum atomic E-state index is 0.630. The van der Waals surface area contributed by atoms with E-state index in [2.05, 4.69) is 32.3 Å². The zero-order chi connectivity index (χ0) is 10.3. The fraction of sp³-hybridized carbons (Fsp3) is 0.750. The molecule has 1 aromatic rings. The molecule has 0 fully saturated rings. The molecule has 2 heteroatoms. The normalized spacial score (nSPS) is 15.6. The largest absolute Gasteiger partial charge is 0.240 e. The van der Waals surface area contributed by atoms with Crippen LogP contribution in [0.1, 0.15) is 61.7 Å². The molecule has 1 aromatic heterocycles. The SMILES string of the molecule is CC(C)c1sc2c([n+]1C(C)C)CCC2. The van der Waals surface area contributed by atoms with Crippen molar-refractivity contribution in [3.8, 4) is 0 Å². The van der Waals surface area contributed by atoms with Crippen molar-refractivity contribution in [3.63, 3.8) is 0 Å². The summed E-state index contributed by atoms with van der Waals surface area (Å²) in [4.78, 5) is 1.66. The number of rotatable bonds is 2. The van der Waals surface area contributed by atoms with Crippen molar-refractivity contribution in [2.24, 2.45) is 0 Å². The molecule has 0 saturated heterocycles. The van der Waals surface area contributed by atoms with Crippen LogP contribution in [-0.2, 0) is 12.8 Å². The third-order valence-electron chi connectivity index (χ3n) is 2.91. The number of thiazole rings is 1. The highest BCUT2D eigenvalue weighted by Crippen LogP contribution is 2.30. The summed E-state index contributed by atoms with van der Waals surface area (Å²) in [5.74, 6) is 0.674. The molecule has 0 bridgehead atoms. The van der Waals surface area contributed by atoms with Crippen LogP contribution in [0.2, 0.25) is 0 Å². The van der Waals surface area contributed by atoms with Crippen LogP contribution < -0.4 is 4.57 Å². The molecule has 0 saturated carbocycles. The second-order valence-electron chi connectivity index (χ2n) is 4.78. The van der Waals surface area contributed by atoms with Crippen molar-refractivity contribution in [2.45, 2.75) is 58.9 Å². The quantitative estimate of drug-likeness (QED) is 0.660. The van der Waals surface area contributed by atoms with Gasteiger partial charge in [0.25, 0.3) is 0 Å². The van der Waals surface area contributed by atoms with E-state index in [0.29, 0.717) is 12.0 Å². The van der Waals surface area contributed by atoms with Crippen LogP contribution in [0, 0.1) is 0 Å². The van der Waals surface area contributed by atoms with Crippen LogP contribution in [0.25, 0.3) is 0 Å². The lowest BCUT2D eigenvalue weighted by Crippen LogP contribution is -2.42. The highest BCUT2D eigenvalue weighted by atomic mass is 32.1. The monoisotopic (exact) mass is 210 g/mol. The van der Waals surface area contributed by atoms with Crippen molar-refractivity contribution < 1.29 is 4.57 Å². The maximum absolute atomic E-state index is 2.58. The van der Waals surface area contributed by atoms with Crippen LogP contribution in [0.3, 0.4) is 0 Å². The molecule has 1 heterocycles. The smallest absolute Gasteiger partial charge is 0.188 e. The topological polar surface area (TPSA) is 3.88 Å². The van der Waals surface area contributed by atoms with Crippen molar-refractivity contribution in [2.75, 3.05) is 0 Å². The minimum Gasteiger partial charge on any atom is -0.188 e. The second kappa shape index (κ2) is 3.65. The molecule has 0 N–H and O–H groups in total. The summed E-state index contributed by atoms with van der Waals surface area (Å²) in [6, 6.07) is 0.630. The zero-order valence-electron chi connectivity index (χ0n) is 9.63. The Morgan fingerprint density at radius 2 is 1.86 bits per heavy atom. The molecule has 78 valence electrons. The molecular formula is C12H20NS+. The first-order chi connectivity index (χ1) is 6.61. The summed E-state index contributed by atoms with van der Waals surface area (Å²) < 4.78 is 2.58. The van der Waals surface area contributed by atoms with Gasteiger partial charge in [-0.05, 0) is 26.7 Å². The number of hydrogen-bond donors (Lipinski definition) is 0. The van der Waals surface area contributed by atoms with Gasteiger partial charge in [-0.2, -0.15) is 4.57 Å². The van der Waals surface area contributed by atoms with E-state index in [4.69, 9.17) is 0 Å². The van der Waals surface area contributed by atoms with Crippen LogP contribution in [-0.4, -0.2) is 0 Å². The Kier molecular flexibility index (Phi) is 2.65. The van der Waals surface area contributed by atoms with Gasteiger partial charge in [-0.3, -0.25) is 0 Å². The van der Waals surface area contributed by atoms with Crippen LogP contribution in [0.4, 0.5) is 0 Å². The van der Waals surface area contributed by atoms with E-state index in [9.17, 15) is 0 Å². The molecule has 0 atom stereocenters. The van der Waals surface area contributed by atoms with Crippen LogP contribution in [0.5, 0.6) is 0 Å². The third-order valence-corrected chi connectivity index (χ3v) is 4.47. The van der Waals surface area contributed by atoms with E-state index in [1.54, 1.807) is 15.6 Å². The Morgan fingerprint density at radius 1 is 1.14 bits per heavy atom. The van der Waals surface area contributed by atoms with Crippen LogP contribution in [0.15, 0.2) is 0 Å². The Hall–Kier alpha value is -0.370. The lowest BCUT2D eigenvalue weighted by atomic mass is 10.2. The average Bonchev–Trinajstić information content (AvgIpc) is 2.58. The standard InChI is InChI=1S/C12H20NS/c1-8(2)12-13(9(3)4)10-6-5-7-11(10)14-12/h8-9H,5-7H2,1-4H3/q+1. The summed E-state index contributed by atoms with van der Waals surface area (Å²) in [7, 11) is 0. The first kappa shape index (κ1) is 10.2. The van der Waals surface area contributed by atoms with Gasteiger partial charge in [-0.15, -0.1) is 0 Å². The molecule has 0 amide bonds. The van der Waals surface area contributed by atoms with Gasteiger partial charge in [0.15, 0.2) is 11.7 Å². The molecule has 0 radical (unpaired) electrons. The molecule has 1 nitrogen and oxygen atoms in total. The summed E-state index contributed by atoms with van der Waals surface area (Å²) in [5.41, 5.74) is 1.63. The van der Waals surface area contributed by atoms with E-state index in [-0.39, 0.29) is 0 Å². The van der Waals surface area contributed by atoms with Crippen molar-refractivity contribution in [1.82, 2.24) is 0 Å². The van der Waals surface area contributed by atoms with E-state index in [1.807, 2.05) is 11.3 Å². The number of aryl methyl sites for hydroxylation is 1. The zero-order valence-corrected chi connectivity index (χ0v) is 10.4. The molecule has 0 aliphatic heterocycles. The maximum atomic E-state index is 2.58. The van der Waals surface area contributed by atoms with E-state index >= 15 is 0 Å². The Balaban J connectivity index is 2.51. The maximum Gasteiger partial charge on any atom is 0.240 e. The third kappa shape index (κ3) is 1.50. The van der Waals surface area contributed by atoms with Gasteiger partial charge < -0.3 is 0 Å². The van der Waals surface area contributed by atoms with Gasteiger partial charge in [0.1, 0.15) is 0 Å². The van der Waals surface area contributed by atoms with Gasteiger partial charge in [-0.1, -0.05) is 25.2 Å². The number of nitrogens with zero attached hydrogens (tertiary/aromatic N) is 1. The van der Waals surface area contributed by atoms with Crippen LogP contribution >= 0.6 is 11.3 Å². The second-order valence-corrected chi connectivity index (χ2v) is 5.90. The summed E-state index contributed by atoms with van der Waals surface area (Å²) >= 11 is 2.05. The Bertz CT molecular complexity index is 336. The summed E-state index contributed by atoms with van der Waals surface area (Å²) in [5, 5.41) is 1.57. The van der Waals surface area contributed by atoms with Gasteiger partial charge >= 0.3 is 0 Å². The molecular weight excluding hydrogens is 190 g/mol. The predicted octanol–water partition coefficient (Wildman–Crippen LogP) is 3.23. The number of aromatic nitrogens is 1. The molecule has 2 rings (SSSR count). The molecule has 14 heavy (non-hydrogen) atoms. The fourth-order valence-corrected chi connectivity index (χ4v) is 3.81. The average molecular weight is 210 g/mol. The van der Waals surface area contributed by atoms with E-state index in [1.165, 1.54) is 19.3 Å². The van der Waals surface area contributed by atoms with Gasteiger partial charge in [-0.25, -0.2) is 0 Å². The fourth-order valence-electron chi connectivity index (χ4n) is 2.34. The van der Waals surface area contributed by atoms with Gasteiger partial charge in [0.2, 0.25) is 5.01 Å². The molecule has 1 aliphatic rings. The van der Waals surface area contributed by atoms with E-state index in [0.717, 1.165) is 0 Å². The first-order valence-corrected chi connectivity index (χ1v) is 6.49. The minimum absolute atomic E-state index is 0.630. The molecule has 1 aliphatic carbocycles. The number of hydrogen-bond acceptors (Lipinski definition) is 1. The first-order valence-electron chi connectivity index (χ1n) is 5.67. The number of fused-ring (bicyclic) bond motifs is 1. The van der Waals surface area contributed by atoms with Crippen molar-refractivity contribution in [3.05, 3.63) is 15.6 Å². The molecule has 0 spiro atoms. The molecule has 0 unspecified atom stereocenters. The lowest BCUT2D eigenvalue weighted by Gasteiger charge is -2.06. The van der Waals surface area contributed by atoms with Gasteiger partial charge in [0, 0.05) is 12.3 Å². The van der Waals surface area contributed by atoms with E-state index < -0.39 is 0 Å². The lowest BCUT2D eigenvalue weighted by molar-refractivity contribution is -0.725. The van der Waals surface area contributed by atoms with Gasteiger partial charge in [0.05, 0.1) is 4.88 Å². The van der Waals surface area contributed by atoms with Crippen molar-refractivity contribution in [1.29, 1.82) is 0 Å². The Morgan fingerprint density at radius 3 is 2.43 bits per heavy atom. The summed E-state index contributed by atoms with van der Waals surface area (Å²) in [6.07, 6.45) is 3.99. The summed E-state index contributed by atoms with van der Waals surface area (Å²) in [6.45, 7) is 9.22.